The number of rotatable bonds is 2. The van der Waals surface area contributed by atoms with Crippen molar-refractivity contribution in [3.05, 3.63) is 29.3 Å². The number of ether oxygens (including phenoxy) is 1. The van der Waals surface area contributed by atoms with E-state index in [0.717, 1.165) is 16.9 Å². The lowest BCUT2D eigenvalue weighted by molar-refractivity contribution is -0.109. The molecule has 0 N–H and O–H groups in total. The molecule has 3 heteroatoms. The van der Waals surface area contributed by atoms with Gasteiger partial charge >= 0.3 is 0 Å². The zero-order valence-electron chi connectivity index (χ0n) is 9.66. The smallest absolute Gasteiger partial charge is 0.186 e. The van der Waals surface area contributed by atoms with Crippen LogP contribution in [0, 0.1) is 18.8 Å². The predicted molar refractivity (Wildman–Crippen MR) is 67.7 cm³/mol. The Balaban J connectivity index is 2.75. The van der Waals surface area contributed by atoms with Gasteiger partial charge in [-0.15, -0.1) is 0 Å². The molecule has 1 aromatic carbocycles. The molecule has 0 heterocycles. The van der Waals surface area contributed by atoms with Crippen molar-refractivity contribution in [1.82, 2.24) is 0 Å². The number of benzene rings is 1. The molecule has 0 atom stereocenters. The van der Waals surface area contributed by atoms with E-state index in [4.69, 9.17) is 4.74 Å². The van der Waals surface area contributed by atoms with Crippen LogP contribution >= 0.6 is 11.8 Å². The highest BCUT2D eigenvalue weighted by molar-refractivity contribution is 8.13. The van der Waals surface area contributed by atoms with Gasteiger partial charge in [0.05, 0.1) is 12.9 Å². The van der Waals surface area contributed by atoms with E-state index in [2.05, 4.69) is 11.8 Å². The van der Waals surface area contributed by atoms with Crippen LogP contribution in [0.15, 0.2) is 18.2 Å². The molecule has 0 amide bonds. The fourth-order valence-electron chi connectivity index (χ4n) is 1.13. The summed E-state index contributed by atoms with van der Waals surface area (Å²) in [6, 6.07) is 5.78. The Hall–Kier alpha value is -1.40. The Morgan fingerprint density at radius 3 is 2.88 bits per heavy atom. The number of thioether (sulfide) groups is 1. The fraction of sp³-hybridized carbons (Fsp3) is 0.308. The zero-order valence-corrected chi connectivity index (χ0v) is 10.5. The van der Waals surface area contributed by atoms with Gasteiger partial charge in [0.25, 0.3) is 0 Å². The van der Waals surface area contributed by atoms with Gasteiger partial charge < -0.3 is 4.74 Å². The lowest BCUT2D eigenvalue weighted by Crippen LogP contribution is -1.87. The summed E-state index contributed by atoms with van der Waals surface area (Å²) in [6.07, 6.45) is 0. The van der Waals surface area contributed by atoms with Crippen LogP contribution in [-0.2, 0) is 4.79 Å². The van der Waals surface area contributed by atoms with Crippen LogP contribution < -0.4 is 4.74 Å². The Labute approximate surface area is 100 Å². The van der Waals surface area contributed by atoms with Crippen molar-refractivity contribution in [3.8, 4) is 17.6 Å². The van der Waals surface area contributed by atoms with Crippen LogP contribution in [0.1, 0.15) is 18.1 Å². The molecule has 0 aliphatic rings. The molecule has 0 aromatic heterocycles. The summed E-state index contributed by atoms with van der Waals surface area (Å²) in [5, 5.41) is 0.0941. The minimum atomic E-state index is 0.0941. The monoisotopic (exact) mass is 234 g/mol. The third-order valence-electron chi connectivity index (χ3n) is 2.02. The summed E-state index contributed by atoms with van der Waals surface area (Å²) in [5.41, 5.74) is 2.06. The third kappa shape index (κ3) is 4.00. The maximum absolute atomic E-state index is 10.7. The first-order valence-electron chi connectivity index (χ1n) is 4.90. The number of hydrogen-bond donors (Lipinski definition) is 0. The second kappa shape index (κ2) is 6.24. The van der Waals surface area contributed by atoms with Gasteiger partial charge in [-0.1, -0.05) is 29.7 Å². The zero-order chi connectivity index (χ0) is 12.0. The van der Waals surface area contributed by atoms with Gasteiger partial charge in [-0.05, 0) is 24.6 Å². The molecule has 0 unspecified atom stereocenters. The molecular formula is C13H14O2S. The van der Waals surface area contributed by atoms with Crippen molar-refractivity contribution in [3.63, 3.8) is 0 Å². The van der Waals surface area contributed by atoms with Crippen molar-refractivity contribution in [2.24, 2.45) is 0 Å². The van der Waals surface area contributed by atoms with Crippen LogP contribution in [0.3, 0.4) is 0 Å². The molecule has 0 bridgehead atoms. The summed E-state index contributed by atoms with van der Waals surface area (Å²) >= 11 is 1.22. The number of carbonyl (C=O) groups is 1. The van der Waals surface area contributed by atoms with E-state index in [0.29, 0.717) is 5.75 Å². The number of aryl methyl sites for hydroxylation is 1. The topological polar surface area (TPSA) is 26.3 Å². The van der Waals surface area contributed by atoms with Gasteiger partial charge in [0.15, 0.2) is 5.12 Å². The predicted octanol–water partition coefficient (Wildman–Crippen LogP) is 2.63. The largest absolute Gasteiger partial charge is 0.497 e. The van der Waals surface area contributed by atoms with E-state index in [1.807, 2.05) is 25.1 Å². The molecule has 0 aliphatic heterocycles. The highest BCUT2D eigenvalue weighted by Crippen LogP contribution is 2.15. The van der Waals surface area contributed by atoms with Gasteiger partial charge in [-0.3, -0.25) is 4.79 Å². The van der Waals surface area contributed by atoms with Crippen LogP contribution in [0.5, 0.6) is 5.75 Å². The average molecular weight is 234 g/mol. The summed E-state index contributed by atoms with van der Waals surface area (Å²) in [4.78, 5) is 10.7. The van der Waals surface area contributed by atoms with Crippen molar-refractivity contribution < 1.29 is 9.53 Å². The third-order valence-corrected chi connectivity index (χ3v) is 2.71. The number of methoxy groups -OCH3 is 1. The lowest BCUT2D eigenvalue weighted by atomic mass is 10.1. The number of carbonyl (C=O) groups excluding carboxylic acids is 1. The quantitative estimate of drug-likeness (QED) is 0.736. The summed E-state index contributed by atoms with van der Waals surface area (Å²) in [6.45, 7) is 3.55. The number of hydrogen-bond acceptors (Lipinski definition) is 3. The molecule has 1 aromatic rings. The van der Waals surface area contributed by atoms with E-state index in [9.17, 15) is 4.79 Å². The van der Waals surface area contributed by atoms with Crippen molar-refractivity contribution >= 4 is 16.9 Å². The van der Waals surface area contributed by atoms with Crippen molar-refractivity contribution in [2.75, 3.05) is 12.9 Å². The van der Waals surface area contributed by atoms with E-state index >= 15 is 0 Å². The Bertz CT molecular complexity index is 441. The fourth-order valence-corrected chi connectivity index (χ4v) is 1.48. The Morgan fingerprint density at radius 1 is 1.50 bits per heavy atom. The summed E-state index contributed by atoms with van der Waals surface area (Å²) in [7, 11) is 1.63. The SMILES string of the molecule is COc1ccc(C)c(C#CCSC(C)=O)c1. The maximum Gasteiger partial charge on any atom is 0.186 e. The van der Waals surface area contributed by atoms with Gasteiger partial charge in [-0.2, -0.15) is 0 Å². The second-order valence-corrected chi connectivity index (χ2v) is 4.42. The van der Waals surface area contributed by atoms with Crippen molar-refractivity contribution in [1.29, 1.82) is 0 Å². The molecule has 0 fully saturated rings. The average Bonchev–Trinajstić information content (AvgIpc) is 2.26. The van der Waals surface area contributed by atoms with Crippen LogP contribution in [0.2, 0.25) is 0 Å². The molecule has 0 spiro atoms. The van der Waals surface area contributed by atoms with Crippen LogP contribution in [0.4, 0.5) is 0 Å². The second-order valence-electron chi connectivity index (χ2n) is 3.26. The summed E-state index contributed by atoms with van der Waals surface area (Å²) in [5.74, 6) is 7.34. The minimum absolute atomic E-state index is 0.0941. The first-order chi connectivity index (χ1) is 7.63. The van der Waals surface area contributed by atoms with E-state index in [1.54, 1.807) is 14.0 Å². The Kier molecular flexibility index (Phi) is 4.94. The lowest BCUT2D eigenvalue weighted by Gasteiger charge is -2.02. The molecular weight excluding hydrogens is 220 g/mol. The normalized spacial score (nSPS) is 9.19. The molecule has 84 valence electrons. The first kappa shape index (κ1) is 12.7. The molecule has 0 saturated carbocycles. The van der Waals surface area contributed by atoms with Gasteiger partial charge in [0, 0.05) is 12.5 Å². The summed E-state index contributed by atoms with van der Waals surface area (Å²) < 4.78 is 5.13. The first-order valence-corrected chi connectivity index (χ1v) is 5.89. The van der Waals surface area contributed by atoms with Crippen LogP contribution in [-0.4, -0.2) is 18.0 Å². The molecule has 0 aliphatic carbocycles. The van der Waals surface area contributed by atoms with Crippen LogP contribution in [0.25, 0.3) is 0 Å². The standard InChI is InChI=1S/C13H14O2S/c1-10-6-7-13(15-3)9-12(10)5-4-8-16-11(2)14/h6-7,9H,8H2,1-3H3. The van der Waals surface area contributed by atoms with Gasteiger partial charge in [0.1, 0.15) is 5.75 Å². The molecule has 2 nitrogen and oxygen atoms in total. The molecule has 1 rings (SSSR count). The molecule has 16 heavy (non-hydrogen) atoms. The Morgan fingerprint density at radius 2 is 2.25 bits per heavy atom. The molecule has 0 saturated heterocycles. The molecule has 0 radical (unpaired) electrons. The van der Waals surface area contributed by atoms with Gasteiger partial charge in [-0.25, -0.2) is 0 Å². The minimum Gasteiger partial charge on any atom is -0.497 e. The van der Waals surface area contributed by atoms with E-state index < -0.39 is 0 Å². The highest BCUT2D eigenvalue weighted by Gasteiger charge is 1.97. The maximum atomic E-state index is 10.7. The van der Waals surface area contributed by atoms with E-state index in [1.165, 1.54) is 11.8 Å². The highest BCUT2D eigenvalue weighted by atomic mass is 32.2. The van der Waals surface area contributed by atoms with E-state index in [-0.39, 0.29) is 5.12 Å². The van der Waals surface area contributed by atoms with Crippen molar-refractivity contribution in [2.45, 2.75) is 13.8 Å². The van der Waals surface area contributed by atoms with Gasteiger partial charge in [0.2, 0.25) is 0 Å².